The van der Waals surface area contributed by atoms with E-state index in [0.717, 1.165) is 12.0 Å². The van der Waals surface area contributed by atoms with Crippen LogP contribution >= 0.6 is 0 Å². The first-order chi connectivity index (χ1) is 6.51. The highest BCUT2D eigenvalue weighted by Crippen LogP contribution is 2.18. The van der Waals surface area contributed by atoms with E-state index in [-0.39, 0.29) is 0 Å². The maximum atomic E-state index is 11.7. The number of aryl methyl sites for hydroxylation is 1. The van der Waals surface area contributed by atoms with E-state index >= 15 is 0 Å². The topological polar surface area (TPSA) is 9.23 Å². The quantitative estimate of drug-likeness (QED) is 0.734. The first-order valence-electron chi connectivity index (χ1n) is 4.30. The lowest BCUT2D eigenvalue weighted by Crippen LogP contribution is -2.12. The predicted molar refractivity (Wildman–Crippen MR) is 46.7 cm³/mol. The van der Waals surface area contributed by atoms with Crippen molar-refractivity contribution in [2.24, 2.45) is 0 Å². The van der Waals surface area contributed by atoms with Crippen molar-refractivity contribution in [3.63, 3.8) is 0 Å². The second-order valence-electron chi connectivity index (χ2n) is 2.90. The van der Waals surface area contributed by atoms with Crippen LogP contribution in [0.1, 0.15) is 18.1 Å². The Labute approximate surface area is 80.5 Å². The SMILES string of the molecule is CCc1ccc(COC(F)(F)F)cc1. The van der Waals surface area contributed by atoms with Crippen molar-refractivity contribution in [1.29, 1.82) is 0 Å². The van der Waals surface area contributed by atoms with E-state index in [1.807, 2.05) is 6.92 Å². The molecule has 1 aromatic rings. The van der Waals surface area contributed by atoms with Gasteiger partial charge in [0.2, 0.25) is 0 Å². The summed E-state index contributed by atoms with van der Waals surface area (Å²) in [5, 5.41) is 0. The maximum Gasteiger partial charge on any atom is 0.522 e. The number of halogens is 3. The highest BCUT2D eigenvalue weighted by molar-refractivity contribution is 5.21. The summed E-state index contributed by atoms with van der Waals surface area (Å²) in [6, 6.07) is 6.89. The van der Waals surface area contributed by atoms with Gasteiger partial charge < -0.3 is 0 Å². The molecule has 0 aliphatic heterocycles. The number of hydrogen-bond acceptors (Lipinski definition) is 1. The Morgan fingerprint density at radius 3 is 2.00 bits per heavy atom. The van der Waals surface area contributed by atoms with E-state index in [0.29, 0.717) is 5.56 Å². The lowest BCUT2D eigenvalue weighted by Gasteiger charge is -2.07. The largest absolute Gasteiger partial charge is 0.522 e. The average molecular weight is 204 g/mol. The van der Waals surface area contributed by atoms with Gasteiger partial charge in [0.25, 0.3) is 0 Å². The lowest BCUT2D eigenvalue weighted by atomic mass is 10.1. The van der Waals surface area contributed by atoms with E-state index in [2.05, 4.69) is 4.74 Å². The third-order valence-electron chi connectivity index (χ3n) is 1.83. The lowest BCUT2D eigenvalue weighted by molar-refractivity contribution is -0.330. The van der Waals surface area contributed by atoms with Gasteiger partial charge in [-0.25, -0.2) is 0 Å². The fourth-order valence-electron chi connectivity index (χ4n) is 1.04. The molecule has 78 valence electrons. The number of alkyl halides is 3. The molecule has 0 aliphatic carbocycles. The zero-order valence-electron chi connectivity index (χ0n) is 7.77. The Morgan fingerprint density at radius 1 is 1.07 bits per heavy atom. The average Bonchev–Trinajstić information content (AvgIpc) is 2.14. The van der Waals surface area contributed by atoms with Crippen LogP contribution in [0.5, 0.6) is 0 Å². The summed E-state index contributed by atoms with van der Waals surface area (Å²) in [6.07, 6.45) is -3.68. The Morgan fingerprint density at radius 2 is 1.57 bits per heavy atom. The standard InChI is InChI=1S/C10H11F3O/c1-2-8-3-5-9(6-4-8)7-14-10(11,12)13/h3-6H,2,7H2,1H3. The fourth-order valence-corrected chi connectivity index (χ4v) is 1.04. The minimum Gasteiger partial charge on any atom is -0.287 e. The number of hydrogen-bond donors (Lipinski definition) is 0. The summed E-state index contributed by atoms with van der Waals surface area (Å²) in [6.45, 7) is 1.56. The number of rotatable bonds is 3. The van der Waals surface area contributed by atoms with Gasteiger partial charge in [-0.2, -0.15) is 0 Å². The molecule has 0 atom stereocenters. The molecule has 0 fully saturated rings. The predicted octanol–water partition coefficient (Wildman–Crippen LogP) is 3.29. The Bertz CT molecular complexity index is 276. The minimum atomic E-state index is -4.55. The van der Waals surface area contributed by atoms with Crippen molar-refractivity contribution in [3.8, 4) is 0 Å². The van der Waals surface area contributed by atoms with Crippen molar-refractivity contribution in [2.45, 2.75) is 26.3 Å². The van der Waals surface area contributed by atoms with Crippen molar-refractivity contribution in [3.05, 3.63) is 35.4 Å². The molecule has 1 aromatic carbocycles. The molecule has 14 heavy (non-hydrogen) atoms. The zero-order chi connectivity index (χ0) is 10.6. The van der Waals surface area contributed by atoms with Crippen molar-refractivity contribution >= 4 is 0 Å². The Balaban J connectivity index is 2.52. The van der Waals surface area contributed by atoms with Crippen molar-refractivity contribution in [2.75, 3.05) is 0 Å². The van der Waals surface area contributed by atoms with Crippen LogP contribution in [-0.4, -0.2) is 6.36 Å². The smallest absolute Gasteiger partial charge is 0.287 e. The van der Waals surface area contributed by atoms with Crippen LogP contribution in [-0.2, 0) is 17.8 Å². The van der Waals surface area contributed by atoms with Gasteiger partial charge in [-0.1, -0.05) is 31.2 Å². The van der Waals surface area contributed by atoms with Gasteiger partial charge in [-0.3, -0.25) is 4.74 Å². The molecule has 4 heteroatoms. The monoisotopic (exact) mass is 204 g/mol. The van der Waals surface area contributed by atoms with Gasteiger partial charge in [0, 0.05) is 0 Å². The van der Waals surface area contributed by atoms with E-state index in [9.17, 15) is 13.2 Å². The molecule has 0 saturated carbocycles. The molecule has 0 spiro atoms. The van der Waals surface area contributed by atoms with Gasteiger partial charge in [0.05, 0.1) is 6.61 Å². The van der Waals surface area contributed by atoms with Crippen LogP contribution in [0.15, 0.2) is 24.3 Å². The number of benzene rings is 1. The molecule has 0 unspecified atom stereocenters. The van der Waals surface area contributed by atoms with E-state index in [1.54, 1.807) is 24.3 Å². The Hall–Kier alpha value is -1.03. The van der Waals surface area contributed by atoms with Gasteiger partial charge >= 0.3 is 6.36 Å². The van der Waals surface area contributed by atoms with E-state index in [1.165, 1.54) is 0 Å². The van der Waals surface area contributed by atoms with Gasteiger partial charge in [-0.05, 0) is 17.5 Å². The molecule has 0 bridgehead atoms. The van der Waals surface area contributed by atoms with Crippen LogP contribution in [0.3, 0.4) is 0 Å². The molecule has 0 aromatic heterocycles. The molecule has 0 radical (unpaired) electrons. The van der Waals surface area contributed by atoms with Crippen LogP contribution in [0.25, 0.3) is 0 Å². The summed E-state index contributed by atoms with van der Waals surface area (Å²) >= 11 is 0. The first-order valence-corrected chi connectivity index (χ1v) is 4.30. The van der Waals surface area contributed by atoms with Crippen LogP contribution in [0.2, 0.25) is 0 Å². The Kier molecular flexibility index (Phi) is 3.52. The molecule has 0 N–H and O–H groups in total. The van der Waals surface area contributed by atoms with Gasteiger partial charge in [0.1, 0.15) is 0 Å². The summed E-state index contributed by atoms with van der Waals surface area (Å²) < 4.78 is 38.7. The van der Waals surface area contributed by atoms with Crippen LogP contribution < -0.4 is 0 Å². The molecule has 0 aliphatic rings. The third kappa shape index (κ3) is 3.79. The fraction of sp³-hybridized carbons (Fsp3) is 0.400. The summed E-state index contributed by atoms with van der Waals surface area (Å²) in [7, 11) is 0. The zero-order valence-corrected chi connectivity index (χ0v) is 7.77. The molecule has 1 rings (SSSR count). The van der Waals surface area contributed by atoms with E-state index in [4.69, 9.17) is 0 Å². The second-order valence-corrected chi connectivity index (χ2v) is 2.90. The number of ether oxygens (including phenoxy) is 1. The highest BCUT2D eigenvalue weighted by Gasteiger charge is 2.28. The molecule has 0 amide bonds. The van der Waals surface area contributed by atoms with Crippen LogP contribution in [0.4, 0.5) is 13.2 Å². The summed E-state index contributed by atoms with van der Waals surface area (Å²) in [5.74, 6) is 0. The van der Waals surface area contributed by atoms with Crippen LogP contribution in [0, 0.1) is 0 Å². The molecule has 0 saturated heterocycles. The van der Waals surface area contributed by atoms with Crippen molar-refractivity contribution < 1.29 is 17.9 Å². The van der Waals surface area contributed by atoms with Gasteiger partial charge in [0.15, 0.2) is 0 Å². The third-order valence-corrected chi connectivity index (χ3v) is 1.83. The molecular formula is C10H11F3O. The summed E-state index contributed by atoms with van der Waals surface area (Å²) in [5.41, 5.74) is 1.63. The minimum absolute atomic E-state index is 0.423. The molecular weight excluding hydrogens is 193 g/mol. The first kappa shape index (κ1) is 11.0. The highest BCUT2D eigenvalue weighted by atomic mass is 19.4. The molecule has 0 heterocycles. The van der Waals surface area contributed by atoms with Crippen molar-refractivity contribution in [1.82, 2.24) is 0 Å². The normalized spacial score (nSPS) is 11.7. The summed E-state index contributed by atoms with van der Waals surface area (Å²) in [4.78, 5) is 0. The second kappa shape index (κ2) is 4.46. The molecule has 1 nitrogen and oxygen atoms in total. The van der Waals surface area contributed by atoms with Gasteiger partial charge in [-0.15, -0.1) is 13.2 Å². The maximum absolute atomic E-state index is 11.7. The van der Waals surface area contributed by atoms with E-state index < -0.39 is 13.0 Å².